The largest absolute Gasteiger partial charge is 0.475 e. The molecule has 2 N–H and O–H groups in total. The number of alkyl halides is 3. The van der Waals surface area contributed by atoms with Crippen molar-refractivity contribution < 1.29 is 22.6 Å². The van der Waals surface area contributed by atoms with E-state index in [1.54, 1.807) is 26.4 Å². The number of halogens is 3. The van der Waals surface area contributed by atoms with E-state index in [2.05, 4.69) is 25.6 Å². The third-order valence-corrected chi connectivity index (χ3v) is 4.14. The molecule has 0 aliphatic rings. The van der Waals surface area contributed by atoms with Crippen LogP contribution in [0.15, 0.2) is 28.7 Å². The van der Waals surface area contributed by atoms with Crippen LogP contribution >= 0.6 is 11.3 Å². The Morgan fingerprint density at radius 1 is 1.26 bits per heavy atom. The molecular weight excluding hydrogens is 383 g/mol. The number of thiazole rings is 1. The van der Waals surface area contributed by atoms with Crippen molar-refractivity contribution in [3.05, 3.63) is 40.0 Å². The van der Waals surface area contributed by atoms with Gasteiger partial charge in [-0.2, -0.15) is 13.2 Å². The van der Waals surface area contributed by atoms with E-state index in [0.717, 1.165) is 22.3 Å². The van der Waals surface area contributed by atoms with Crippen LogP contribution in [0.4, 0.5) is 13.2 Å². The minimum Gasteiger partial charge on any atom is -0.475 e. The van der Waals surface area contributed by atoms with E-state index in [1.807, 2.05) is 6.07 Å². The van der Waals surface area contributed by atoms with Gasteiger partial charge >= 0.3 is 6.18 Å². The van der Waals surface area contributed by atoms with Crippen LogP contribution in [0.5, 0.6) is 5.88 Å². The number of hydrogen-bond donors (Lipinski definition) is 2. The molecule has 0 atom stereocenters. The van der Waals surface area contributed by atoms with E-state index in [-0.39, 0.29) is 6.54 Å². The molecule has 0 saturated heterocycles. The lowest BCUT2D eigenvalue weighted by Gasteiger charge is -2.13. The van der Waals surface area contributed by atoms with Gasteiger partial charge < -0.3 is 20.1 Å². The maximum absolute atomic E-state index is 12.6. The lowest BCUT2D eigenvalue weighted by atomic mass is 10.2. The molecule has 7 nitrogen and oxygen atoms in total. The molecule has 11 heteroatoms. The van der Waals surface area contributed by atoms with Crippen LogP contribution in [0.1, 0.15) is 16.3 Å². The van der Waals surface area contributed by atoms with Gasteiger partial charge in [0.1, 0.15) is 11.6 Å². The second-order valence-corrected chi connectivity index (χ2v) is 6.16. The minimum atomic E-state index is -4.44. The highest BCUT2D eigenvalue weighted by molar-refractivity contribution is 7.09. The molecule has 0 aliphatic heterocycles. The molecule has 0 aromatic carbocycles. The molecule has 148 valence electrons. The molecule has 0 saturated carbocycles. The van der Waals surface area contributed by atoms with Crippen molar-refractivity contribution in [2.75, 3.05) is 27.4 Å². The average molecular weight is 403 g/mol. The highest BCUT2D eigenvalue weighted by atomic mass is 32.1. The zero-order chi connectivity index (χ0) is 19.7. The van der Waals surface area contributed by atoms with Gasteiger partial charge in [0.2, 0.25) is 5.88 Å². The molecule has 2 aromatic rings. The Bertz CT molecular complexity index is 752. The van der Waals surface area contributed by atoms with Crippen LogP contribution in [-0.2, 0) is 24.0 Å². The van der Waals surface area contributed by atoms with Gasteiger partial charge in [-0.1, -0.05) is 6.07 Å². The molecule has 0 amide bonds. The Morgan fingerprint density at radius 3 is 2.70 bits per heavy atom. The molecule has 2 rings (SSSR count). The Hall–Kier alpha value is -2.40. The number of methoxy groups -OCH3 is 1. The summed E-state index contributed by atoms with van der Waals surface area (Å²) in [7, 11) is 3.15. The van der Waals surface area contributed by atoms with E-state index in [1.165, 1.54) is 0 Å². The molecule has 2 aromatic heterocycles. The first kappa shape index (κ1) is 20.9. The summed E-state index contributed by atoms with van der Waals surface area (Å²) < 4.78 is 48.3. The summed E-state index contributed by atoms with van der Waals surface area (Å²) in [6.45, 7) is 1.33. The topological polar surface area (TPSA) is 80.7 Å². The maximum Gasteiger partial charge on any atom is 0.434 e. The highest BCUT2D eigenvalue weighted by Gasteiger charge is 2.33. The zero-order valence-corrected chi connectivity index (χ0v) is 15.7. The molecule has 0 radical (unpaired) electrons. The quantitative estimate of drug-likeness (QED) is 0.400. The normalized spacial score (nSPS) is 12.1. The van der Waals surface area contributed by atoms with Gasteiger partial charge in [-0.25, -0.2) is 9.97 Å². The van der Waals surface area contributed by atoms with E-state index < -0.39 is 11.9 Å². The lowest BCUT2D eigenvalue weighted by molar-refractivity contribution is -0.140. The zero-order valence-electron chi connectivity index (χ0n) is 14.8. The van der Waals surface area contributed by atoms with Gasteiger partial charge in [-0.15, -0.1) is 11.3 Å². The number of guanidine groups is 1. The van der Waals surface area contributed by atoms with Crippen molar-refractivity contribution >= 4 is 17.3 Å². The Balaban J connectivity index is 1.88. The molecule has 0 unspecified atom stereocenters. The SMILES string of the molecule is CN=C(NCc1nc(C(F)(F)F)cs1)NCc1cccnc1OCCOC. The number of ether oxygens (including phenoxy) is 2. The van der Waals surface area contributed by atoms with Gasteiger partial charge in [0.25, 0.3) is 0 Å². The smallest absolute Gasteiger partial charge is 0.434 e. The van der Waals surface area contributed by atoms with Crippen LogP contribution in [0, 0.1) is 0 Å². The fourth-order valence-corrected chi connectivity index (χ4v) is 2.73. The van der Waals surface area contributed by atoms with Crippen molar-refractivity contribution in [1.29, 1.82) is 0 Å². The molecular formula is C16H20F3N5O2S. The summed E-state index contributed by atoms with van der Waals surface area (Å²) in [6, 6.07) is 3.64. The van der Waals surface area contributed by atoms with Crippen LogP contribution in [0.2, 0.25) is 0 Å². The van der Waals surface area contributed by atoms with Gasteiger partial charge in [-0.05, 0) is 6.07 Å². The lowest BCUT2D eigenvalue weighted by Crippen LogP contribution is -2.36. The van der Waals surface area contributed by atoms with Crippen LogP contribution in [-0.4, -0.2) is 43.3 Å². The summed E-state index contributed by atoms with van der Waals surface area (Å²) >= 11 is 0.939. The van der Waals surface area contributed by atoms with E-state index in [4.69, 9.17) is 9.47 Å². The summed E-state index contributed by atoms with van der Waals surface area (Å²) in [5.74, 6) is 0.901. The van der Waals surface area contributed by atoms with Crippen molar-refractivity contribution in [2.24, 2.45) is 4.99 Å². The van der Waals surface area contributed by atoms with E-state index in [9.17, 15) is 13.2 Å². The first-order chi connectivity index (χ1) is 12.9. The maximum atomic E-state index is 12.6. The third-order valence-electron chi connectivity index (χ3n) is 3.30. The number of pyridine rings is 1. The number of aliphatic imine (C=N–C) groups is 1. The number of nitrogens with zero attached hydrogens (tertiary/aromatic N) is 3. The predicted octanol–water partition coefficient (Wildman–Crippen LogP) is 2.45. The number of rotatable bonds is 8. The Morgan fingerprint density at radius 2 is 2.04 bits per heavy atom. The summed E-state index contributed by atoms with van der Waals surface area (Å²) in [6.07, 6.45) is -2.81. The monoisotopic (exact) mass is 403 g/mol. The summed E-state index contributed by atoms with van der Waals surface area (Å²) in [5.41, 5.74) is -0.0781. The second kappa shape index (κ2) is 10.1. The van der Waals surface area contributed by atoms with Crippen LogP contribution in [0.25, 0.3) is 0 Å². The second-order valence-electron chi connectivity index (χ2n) is 5.21. The fraction of sp³-hybridized carbons (Fsp3) is 0.438. The molecule has 0 bridgehead atoms. The van der Waals surface area contributed by atoms with Crippen molar-refractivity contribution in [3.63, 3.8) is 0 Å². The highest BCUT2D eigenvalue weighted by Crippen LogP contribution is 2.29. The van der Waals surface area contributed by atoms with Gasteiger partial charge in [0, 0.05) is 37.8 Å². The summed E-state index contributed by atoms with van der Waals surface area (Å²) in [4.78, 5) is 11.8. The van der Waals surface area contributed by atoms with Crippen molar-refractivity contribution in [3.8, 4) is 5.88 Å². The van der Waals surface area contributed by atoms with E-state index >= 15 is 0 Å². The van der Waals surface area contributed by atoms with Crippen LogP contribution in [0.3, 0.4) is 0 Å². The fourth-order valence-electron chi connectivity index (χ4n) is 1.99. The van der Waals surface area contributed by atoms with Gasteiger partial charge in [0.05, 0.1) is 13.2 Å². The molecule has 0 spiro atoms. The molecule has 0 fully saturated rings. The first-order valence-electron chi connectivity index (χ1n) is 7.95. The Kier molecular flexibility index (Phi) is 7.80. The average Bonchev–Trinajstić information content (AvgIpc) is 3.12. The van der Waals surface area contributed by atoms with Gasteiger partial charge in [0.15, 0.2) is 11.7 Å². The first-order valence-corrected chi connectivity index (χ1v) is 8.83. The minimum absolute atomic E-state index is 0.130. The predicted molar refractivity (Wildman–Crippen MR) is 95.8 cm³/mol. The van der Waals surface area contributed by atoms with Crippen LogP contribution < -0.4 is 15.4 Å². The molecule has 0 aliphatic carbocycles. The number of aromatic nitrogens is 2. The molecule has 2 heterocycles. The third kappa shape index (κ3) is 6.68. The standard InChI is InChI=1S/C16H20F3N5O2S/c1-20-15(23-9-13-24-12(10-27-13)16(17,18)19)22-8-11-4-3-5-21-14(11)26-7-6-25-2/h3-5,10H,6-9H2,1-2H3,(H2,20,22,23). The number of nitrogens with one attached hydrogen (secondary N) is 2. The molecule has 27 heavy (non-hydrogen) atoms. The van der Waals surface area contributed by atoms with Gasteiger partial charge in [-0.3, -0.25) is 4.99 Å². The van der Waals surface area contributed by atoms with E-state index in [0.29, 0.717) is 36.6 Å². The number of hydrogen-bond acceptors (Lipinski definition) is 6. The van der Waals surface area contributed by atoms with Crippen molar-refractivity contribution in [2.45, 2.75) is 19.3 Å². The summed E-state index contributed by atoms with van der Waals surface area (Å²) in [5, 5.41) is 7.30. The van der Waals surface area contributed by atoms with Crippen molar-refractivity contribution in [1.82, 2.24) is 20.6 Å². The Labute approximate surface area is 158 Å².